The van der Waals surface area contributed by atoms with Crippen LogP contribution in [0.1, 0.15) is 6.92 Å². The van der Waals surface area contributed by atoms with E-state index in [9.17, 15) is 14.0 Å². The fraction of sp³-hybridized carbons (Fsp3) is 0.111. The van der Waals surface area contributed by atoms with Crippen LogP contribution in [0.4, 0.5) is 10.1 Å². The topological polar surface area (TPSA) is 68.5 Å². The number of amides is 1. The average Bonchev–Trinajstić information content (AvgIpc) is 2.54. The Kier molecular flexibility index (Phi) is 4.29. The highest BCUT2D eigenvalue weighted by Crippen LogP contribution is 2.21. The van der Waals surface area contributed by atoms with Crippen molar-refractivity contribution in [2.75, 3.05) is 5.32 Å². The maximum atomic E-state index is 13.1. The molecule has 0 radical (unpaired) electrons. The van der Waals surface area contributed by atoms with E-state index in [0.29, 0.717) is 17.0 Å². The number of rotatable bonds is 4. The molecule has 1 aromatic heterocycles. The molecule has 0 aliphatic rings. The summed E-state index contributed by atoms with van der Waals surface area (Å²) in [5, 5.41) is 3.32. The highest BCUT2D eigenvalue weighted by molar-refractivity contribution is 5.94. The van der Waals surface area contributed by atoms with Gasteiger partial charge in [0.15, 0.2) is 6.10 Å². The van der Waals surface area contributed by atoms with Crippen molar-refractivity contribution in [1.29, 1.82) is 0 Å². The van der Waals surface area contributed by atoms with Gasteiger partial charge < -0.3 is 14.5 Å². The van der Waals surface area contributed by atoms with Gasteiger partial charge in [0.1, 0.15) is 17.1 Å². The van der Waals surface area contributed by atoms with Crippen LogP contribution < -0.4 is 15.7 Å². The van der Waals surface area contributed by atoms with E-state index < -0.39 is 23.5 Å². The molecule has 1 atom stereocenters. The number of ether oxygens (including phenoxy) is 1. The SMILES string of the molecule is CC(Oc1ccc2ccc(=O)oc2c1)C(=O)Nc1cccc(F)c1. The summed E-state index contributed by atoms with van der Waals surface area (Å²) in [5.74, 6) is -0.472. The zero-order valence-corrected chi connectivity index (χ0v) is 12.8. The second-order valence-electron chi connectivity index (χ2n) is 5.21. The van der Waals surface area contributed by atoms with Gasteiger partial charge in [0, 0.05) is 23.2 Å². The minimum Gasteiger partial charge on any atom is -0.481 e. The summed E-state index contributed by atoms with van der Waals surface area (Å²) in [6.45, 7) is 1.57. The Morgan fingerprint density at radius 2 is 1.96 bits per heavy atom. The van der Waals surface area contributed by atoms with Gasteiger partial charge in [-0.3, -0.25) is 4.79 Å². The minimum absolute atomic E-state index is 0.347. The van der Waals surface area contributed by atoms with E-state index >= 15 is 0 Å². The lowest BCUT2D eigenvalue weighted by Crippen LogP contribution is -2.30. The zero-order chi connectivity index (χ0) is 17.1. The van der Waals surface area contributed by atoms with Crippen molar-refractivity contribution in [3.8, 4) is 5.75 Å². The van der Waals surface area contributed by atoms with Gasteiger partial charge in [0.25, 0.3) is 5.91 Å². The molecule has 0 spiro atoms. The molecule has 3 rings (SSSR count). The van der Waals surface area contributed by atoms with Gasteiger partial charge in [0.2, 0.25) is 0 Å². The highest BCUT2D eigenvalue weighted by atomic mass is 19.1. The second-order valence-corrected chi connectivity index (χ2v) is 5.21. The Morgan fingerprint density at radius 3 is 2.75 bits per heavy atom. The Hall–Kier alpha value is -3.15. The van der Waals surface area contributed by atoms with E-state index in [0.717, 1.165) is 5.39 Å². The molecule has 1 unspecified atom stereocenters. The third kappa shape index (κ3) is 3.60. The Bertz CT molecular complexity index is 951. The van der Waals surface area contributed by atoms with Crippen LogP contribution in [0.3, 0.4) is 0 Å². The lowest BCUT2D eigenvalue weighted by atomic mass is 10.2. The summed E-state index contributed by atoms with van der Waals surface area (Å²) in [5.41, 5.74) is 0.259. The largest absolute Gasteiger partial charge is 0.481 e. The molecule has 0 bridgehead atoms. The van der Waals surface area contributed by atoms with Crippen LogP contribution in [0.2, 0.25) is 0 Å². The Balaban J connectivity index is 1.72. The second kappa shape index (κ2) is 6.54. The lowest BCUT2D eigenvalue weighted by Gasteiger charge is -2.15. The lowest BCUT2D eigenvalue weighted by molar-refractivity contribution is -0.122. The Morgan fingerprint density at radius 1 is 1.17 bits per heavy atom. The predicted octanol–water partition coefficient (Wildman–Crippen LogP) is 3.34. The standard InChI is InChI=1S/C18H14FNO4/c1-11(18(22)20-14-4-2-3-13(19)9-14)23-15-7-5-12-6-8-17(21)24-16(12)10-15/h2-11H,1H3,(H,20,22). The van der Waals surface area contributed by atoms with E-state index in [1.807, 2.05) is 0 Å². The van der Waals surface area contributed by atoms with Crippen LogP contribution in [0.25, 0.3) is 11.0 Å². The van der Waals surface area contributed by atoms with Crippen LogP contribution in [0.15, 0.2) is 63.8 Å². The van der Waals surface area contributed by atoms with Crippen molar-refractivity contribution in [3.05, 3.63) is 70.8 Å². The first-order valence-corrected chi connectivity index (χ1v) is 7.28. The fourth-order valence-corrected chi connectivity index (χ4v) is 2.18. The predicted molar refractivity (Wildman–Crippen MR) is 87.6 cm³/mol. The van der Waals surface area contributed by atoms with Crippen molar-refractivity contribution in [2.45, 2.75) is 13.0 Å². The summed E-state index contributed by atoms with van der Waals surface area (Å²) >= 11 is 0. The maximum Gasteiger partial charge on any atom is 0.336 e. The molecule has 1 amide bonds. The molecule has 122 valence electrons. The van der Waals surface area contributed by atoms with Gasteiger partial charge >= 0.3 is 5.63 Å². The number of nitrogens with one attached hydrogen (secondary N) is 1. The molecule has 24 heavy (non-hydrogen) atoms. The molecule has 0 aliphatic carbocycles. The summed E-state index contributed by atoms with van der Waals surface area (Å²) < 4.78 is 23.8. The number of carbonyl (C=O) groups excluding carboxylic acids is 1. The average molecular weight is 327 g/mol. The van der Waals surface area contributed by atoms with Crippen LogP contribution in [0.5, 0.6) is 5.75 Å². The molecule has 0 saturated carbocycles. The third-order valence-corrected chi connectivity index (χ3v) is 3.37. The fourth-order valence-electron chi connectivity index (χ4n) is 2.18. The monoisotopic (exact) mass is 327 g/mol. The van der Waals surface area contributed by atoms with Crippen molar-refractivity contribution in [1.82, 2.24) is 0 Å². The summed E-state index contributed by atoms with van der Waals surface area (Å²) in [6.07, 6.45) is -0.818. The van der Waals surface area contributed by atoms with E-state index in [1.54, 1.807) is 37.3 Å². The molecular weight excluding hydrogens is 313 g/mol. The molecule has 2 aromatic carbocycles. The smallest absolute Gasteiger partial charge is 0.336 e. The number of anilines is 1. The van der Waals surface area contributed by atoms with Crippen LogP contribution in [0, 0.1) is 5.82 Å². The number of hydrogen-bond donors (Lipinski definition) is 1. The first kappa shape index (κ1) is 15.7. The van der Waals surface area contributed by atoms with Gasteiger partial charge in [-0.15, -0.1) is 0 Å². The molecule has 1 heterocycles. The number of carbonyl (C=O) groups is 1. The molecule has 6 heteroatoms. The van der Waals surface area contributed by atoms with Crippen molar-refractivity contribution in [3.63, 3.8) is 0 Å². The van der Waals surface area contributed by atoms with Crippen molar-refractivity contribution in [2.24, 2.45) is 0 Å². The molecule has 5 nitrogen and oxygen atoms in total. The molecule has 0 aliphatic heterocycles. The third-order valence-electron chi connectivity index (χ3n) is 3.37. The summed E-state index contributed by atoms with van der Waals surface area (Å²) in [6, 6.07) is 13.5. The van der Waals surface area contributed by atoms with E-state index in [-0.39, 0.29) is 0 Å². The van der Waals surface area contributed by atoms with Crippen LogP contribution in [-0.2, 0) is 4.79 Å². The van der Waals surface area contributed by atoms with Gasteiger partial charge in [-0.25, -0.2) is 9.18 Å². The minimum atomic E-state index is -0.818. The molecular formula is C18H14FNO4. The number of halogens is 1. The molecule has 1 N–H and O–H groups in total. The van der Waals surface area contributed by atoms with Gasteiger partial charge in [-0.05, 0) is 43.3 Å². The van der Waals surface area contributed by atoms with Gasteiger partial charge in [0.05, 0.1) is 0 Å². The number of hydrogen-bond acceptors (Lipinski definition) is 4. The summed E-state index contributed by atoms with van der Waals surface area (Å²) in [4.78, 5) is 23.4. The maximum absolute atomic E-state index is 13.1. The first-order valence-electron chi connectivity index (χ1n) is 7.28. The number of benzene rings is 2. The normalized spacial score (nSPS) is 11.9. The van der Waals surface area contributed by atoms with Crippen molar-refractivity contribution < 1.29 is 18.3 Å². The Labute approximate surface area is 136 Å². The van der Waals surface area contributed by atoms with E-state index in [2.05, 4.69) is 5.32 Å². The number of fused-ring (bicyclic) bond motifs is 1. The van der Waals surface area contributed by atoms with Gasteiger partial charge in [-0.1, -0.05) is 6.07 Å². The first-order chi connectivity index (χ1) is 11.5. The van der Waals surface area contributed by atoms with Crippen molar-refractivity contribution >= 4 is 22.6 Å². The highest BCUT2D eigenvalue weighted by Gasteiger charge is 2.15. The van der Waals surface area contributed by atoms with Gasteiger partial charge in [-0.2, -0.15) is 0 Å². The molecule has 0 saturated heterocycles. The summed E-state index contributed by atoms with van der Waals surface area (Å²) in [7, 11) is 0. The van der Waals surface area contributed by atoms with E-state index in [4.69, 9.17) is 9.15 Å². The quantitative estimate of drug-likeness (QED) is 0.746. The van der Waals surface area contributed by atoms with Crippen LogP contribution in [-0.4, -0.2) is 12.0 Å². The van der Waals surface area contributed by atoms with E-state index in [1.165, 1.54) is 24.3 Å². The zero-order valence-electron chi connectivity index (χ0n) is 12.8. The molecule has 0 fully saturated rings. The molecule has 3 aromatic rings. The van der Waals surface area contributed by atoms with Crippen LogP contribution >= 0.6 is 0 Å².